The van der Waals surface area contributed by atoms with E-state index in [2.05, 4.69) is 21.1 Å². The fraction of sp³-hybridized carbons (Fsp3) is 0.350. The van der Waals surface area contributed by atoms with Crippen molar-refractivity contribution in [1.82, 2.24) is 4.72 Å². The van der Waals surface area contributed by atoms with Crippen molar-refractivity contribution in [3.63, 3.8) is 0 Å². The smallest absolute Gasteiger partial charge is 0.241 e. The van der Waals surface area contributed by atoms with Crippen LogP contribution in [-0.2, 0) is 16.6 Å². The summed E-state index contributed by atoms with van der Waals surface area (Å²) in [7, 11) is -3.65. The predicted octanol–water partition coefficient (Wildman–Crippen LogP) is 3.93. The van der Waals surface area contributed by atoms with Gasteiger partial charge in [-0.25, -0.2) is 18.1 Å². The van der Waals surface area contributed by atoms with E-state index in [4.69, 9.17) is 5.73 Å². The van der Waals surface area contributed by atoms with Crippen LogP contribution in [0.5, 0.6) is 0 Å². The third kappa shape index (κ3) is 7.40. The number of benzene rings is 2. The minimum Gasteiger partial charge on any atom is -0.370 e. The van der Waals surface area contributed by atoms with Crippen molar-refractivity contribution in [3.8, 4) is 0 Å². The molecule has 0 aromatic heterocycles. The van der Waals surface area contributed by atoms with Crippen LogP contribution in [-0.4, -0.2) is 19.9 Å². The predicted molar refractivity (Wildman–Crippen MR) is 127 cm³/mol. The Morgan fingerprint density at radius 1 is 1.07 bits per heavy atom. The highest BCUT2D eigenvalue weighted by Gasteiger charge is 2.24. The molecule has 0 saturated carbocycles. The number of anilines is 1. The van der Waals surface area contributed by atoms with Gasteiger partial charge in [0.15, 0.2) is 5.96 Å². The Labute approximate surface area is 185 Å². The molecule has 0 heterocycles. The zero-order valence-electron chi connectivity index (χ0n) is 16.9. The number of guanidine groups is 1. The van der Waals surface area contributed by atoms with Gasteiger partial charge in [-0.15, -0.1) is 24.0 Å². The highest BCUT2D eigenvalue weighted by Crippen LogP contribution is 2.19. The molecule has 0 atom stereocenters. The molecule has 2 aromatic rings. The normalized spacial score (nSPS) is 12.4. The third-order valence-electron chi connectivity index (χ3n) is 3.62. The lowest BCUT2D eigenvalue weighted by Gasteiger charge is -2.21. The van der Waals surface area contributed by atoms with Crippen molar-refractivity contribution >= 4 is 45.6 Å². The Kier molecular flexibility index (Phi) is 8.45. The minimum atomic E-state index is -3.65. The second-order valence-corrected chi connectivity index (χ2v) is 9.32. The van der Waals surface area contributed by atoms with Crippen molar-refractivity contribution in [2.75, 3.05) is 5.32 Å². The van der Waals surface area contributed by atoms with Gasteiger partial charge in [0, 0.05) is 11.2 Å². The number of nitrogens with zero attached hydrogens (tertiary/aromatic N) is 1. The van der Waals surface area contributed by atoms with Crippen molar-refractivity contribution in [1.29, 1.82) is 0 Å². The van der Waals surface area contributed by atoms with E-state index in [0.29, 0.717) is 5.56 Å². The van der Waals surface area contributed by atoms with Crippen molar-refractivity contribution in [3.05, 3.63) is 59.2 Å². The van der Waals surface area contributed by atoms with Gasteiger partial charge in [-0.2, -0.15) is 0 Å². The number of nitrogens with one attached hydrogen (secondary N) is 2. The molecule has 8 heteroatoms. The number of aliphatic imine (C=N–C) groups is 1. The topological polar surface area (TPSA) is 96.6 Å². The van der Waals surface area contributed by atoms with Gasteiger partial charge in [0.05, 0.1) is 11.4 Å². The molecule has 28 heavy (non-hydrogen) atoms. The first-order valence-electron chi connectivity index (χ1n) is 8.73. The number of sulfonamides is 1. The van der Waals surface area contributed by atoms with E-state index >= 15 is 0 Å². The number of rotatable bonds is 5. The van der Waals surface area contributed by atoms with Crippen LogP contribution in [0.25, 0.3) is 0 Å². The Bertz CT molecular complexity index is 931. The highest BCUT2D eigenvalue weighted by atomic mass is 127. The first-order chi connectivity index (χ1) is 12.5. The summed E-state index contributed by atoms with van der Waals surface area (Å²) < 4.78 is 28.0. The van der Waals surface area contributed by atoms with Gasteiger partial charge in [-0.1, -0.05) is 24.3 Å². The van der Waals surface area contributed by atoms with Gasteiger partial charge in [0.2, 0.25) is 10.0 Å². The average molecular weight is 516 g/mol. The first-order valence-corrected chi connectivity index (χ1v) is 10.2. The van der Waals surface area contributed by atoms with Crippen molar-refractivity contribution in [2.45, 2.75) is 51.6 Å². The van der Waals surface area contributed by atoms with Crippen molar-refractivity contribution in [2.24, 2.45) is 10.7 Å². The second kappa shape index (κ2) is 9.71. The van der Waals surface area contributed by atoms with E-state index in [9.17, 15) is 8.42 Å². The maximum atomic E-state index is 12.7. The molecule has 0 amide bonds. The molecule has 0 aliphatic carbocycles. The van der Waals surface area contributed by atoms with Gasteiger partial charge in [-0.05, 0) is 69.5 Å². The van der Waals surface area contributed by atoms with E-state index < -0.39 is 15.6 Å². The van der Waals surface area contributed by atoms with E-state index in [1.807, 2.05) is 26.0 Å². The summed E-state index contributed by atoms with van der Waals surface area (Å²) in [4.78, 5) is 4.52. The van der Waals surface area contributed by atoms with E-state index in [1.165, 1.54) is 0 Å². The van der Waals surface area contributed by atoms with E-state index in [-0.39, 0.29) is 41.4 Å². The second-order valence-electron chi connectivity index (χ2n) is 7.67. The molecule has 4 N–H and O–H groups in total. The van der Waals surface area contributed by atoms with Crippen LogP contribution in [0.4, 0.5) is 5.69 Å². The fourth-order valence-electron chi connectivity index (χ4n) is 2.76. The number of nitrogens with two attached hydrogens (primary N) is 1. The van der Waals surface area contributed by atoms with Gasteiger partial charge in [-0.3, -0.25) is 0 Å². The largest absolute Gasteiger partial charge is 0.370 e. The fourth-order valence-corrected chi connectivity index (χ4v) is 4.41. The summed E-state index contributed by atoms with van der Waals surface area (Å²) in [5, 5.41) is 3.05. The Hall–Kier alpha value is -1.65. The summed E-state index contributed by atoms with van der Waals surface area (Å²) >= 11 is 0. The third-order valence-corrected chi connectivity index (χ3v) is 5.47. The van der Waals surface area contributed by atoms with Gasteiger partial charge < -0.3 is 11.1 Å². The minimum absolute atomic E-state index is 0. The molecule has 0 spiro atoms. The Balaban J connectivity index is 0.00000392. The zero-order valence-corrected chi connectivity index (χ0v) is 20.1. The number of hydrogen-bond acceptors (Lipinski definition) is 3. The summed E-state index contributed by atoms with van der Waals surface area (Å²) in [5.41, 5.74) is 9.09. The van der Waals surface area contributed by atoms with Crippen LogP contribution in [0.2, 0.25) is 0 Å². The average Bonchev–Trinajstić information content (AvgIpc) is 2.50. The lowest BCUT2D eigenvalue weighted by Crippen LogP contribution is -2.40. The molecule has 0 aliphatic heterocycles. The highest BCUT2D eigenvalue weighted by molar-refractivity contribution is 14.0. The molecule has 0 unspecified atom stereocenters. The van der Waals surface area contributed by atoms with Crippen LogP contribution in [0.3, 0.4) is 0 Å². The number of hydrogen-bond donors (Lipinski definition) is 3. The molecule has 0 saturated heterocycles. The standard InChI is InChI=1S/C20H28N4O2S.HI/c1-14-10-15(2)12-17(11-14)23-19(21)22-13-16-8-6-7-9-18(16)27(25,26)24-20(3,4)5;/h6-12,24H,13H2,1-5H3,(H3,21,22,23);1H. The molecule has 154 valence electrons. The van der Waals surface area contributed by atoms with Crippen molar-refractivity contribution < 1.29 is 8.42 Å². The number of aryl methyl sites for hydroxylation is 2. The maximum absolute atomic E-state index is 12.7. The summed E-state index contributed by atoms with van der Waals surface area (Å²) in [6, 6.07) is 12.8. The van der Waals surface area contributed by atoms with E-state index in [1.54, 1.807) is 45.0 Å². The quantitative estimate of drug-likeness (QED) is 0.319. The molecular weight excluding hydrogens is 487 g/mol. The zero-order chi connectivity index (χ0) is 20.2. The number of halogens is 1. The monoisotopic (exact) mass is 516 g/mol. The molecular formula is C20H29IN4O2S. The molecule has 2 aromatic carbocycles. The molecule has 0 fully saturated rings. The first kappa shape index (κ1) is 24.4. The molecule has 6 nitrogen and oxygen atoms in total. The lowest BCUT2D eigenvalue weighted by molar-refractivity contribution is 0.491. The Morgan fingerprint density at radius 3 is 2.21 bits per heavy atom. The van der Waals surface area contributed by atoms with Crippen LogP contribution in [0.15, 0.2) is 52.4 Å². The molecule has 0 bridgehead atoms. The lowest BCUT2D eigenvalue weighted by atomic mass is 10.1. The van der Waals surface area contributed by atoms with Crippen LogP contribution in [0.1, 0.15) is 37.5 Å². The van der Waals surface area contributed by atoms with E-state index in [0.717, 1.165) is 16.8 Å². The summed E-state index contributed by atoms with van der Waals surface area (Å²) in [5.74, 6) is 0.232. The Morgan fingerprint density at radius 2 is 1.64 bits per heavy atom. The summed E-state index contributed by atoms with van der Waals surface area (Å²) in [6.07, 6.45) is 0. The molecule has 0 aliphatic rings. The van der Waals surface area contributed by atoms with Crippen LogP contribution in [0, 0.1) is 13.8 Å². The molecule has 0 radical (unpaired) electrons. The van der Waals surface area contributed by atoms with Gasteiger partial charge in [0.1, 0.15) is 0 Å². The molecule has 2 rings (SSSR count). The SMILES string of the molecule is Cc1cc(C)cc(NC(N)=NCc2ccccc2S(=O)(=O)NC(C)(C)C)c1.I. The van der Waals surface area contributed by atoms with Gasteiger partial charge in [0.25, 0.3) is 0 Å². The van der Waals surface area contributed by atoms with Crippen LogP contribution < -0.4 is 15.8 Å². The van der Waals surface area contributed by atoms with Gasteiger partial charge >= 0.3 is 0 Å². The summed E-state index contributed by atoms with van der Waals surface area (Å²) in [6.45, 7) is 9.58. The maximum Gasteiger partial charge on any atom is 0.241 e. The van der Waals surface area contributed by atoms with Crippen LogP contribution >= 0.6 is 24.0 Å².